The van der Waals surface area contributed by atoms with E-state index in [1.807, 2.05) is 31.2 Å². The number of imidazole rings is 1. The number of benzene rings is 2. The Morgan fingerprint density at radius 1 is 0.775 bits per heavy atom. The van der Waals surface area contributed by atoms with Gasteiger partial charge >= 0.3 is 11.4 Å². The van der Waals surface area contributed by atoms with E-state index in [-0.39, 0.29) is 24.9 Å². The van der Waals surface area contributed by atoms with E-state index in [9.17, 15) is 44.3 Å². The van der Waals surface area contributed by atoms with Crippen molar-refractivity contribution in [3.05, 3.63) is 97.1 Å². The van der Waals surface area contributed by atoms with E-state index in [0.29, 0.717) is 54.1 Å². The highest BCUT2D eigenvalue weighted by Crippen LogP contribution is 2.41. The van der Waals surface area contributed by atoms with E-state index < -0.39 is 103 Å². The zero-order valence-electron chi connectivity index (χ0n) is 43.3. The number of aliphatic hydroxyl groups is 8. The number of nitrogens with two attached hydrogens (primary N) is 3. The first kappa shape index (κ1) is 59.7. The highest BCUT2D eigenvalue weighted by atomic mass is 19.1. The molecular weight excluding hydrogens is 1070 g/mol. The lowest BCUT2D eigenvalue weighted by atomic mass is 10.0. The van der Waals surface area contributed by atoms with Crippen LogP contribution in [-0.4, -0.2) is 181 Å². The molecule has 4 aliphatic rings. The number of ether oxygens (including phenoxy) is 6. The summed E-state index contributed by atoms with van der Waals surface area (Å²) >= 11 is 0. The molecule has 3 fully saturated rings. The van der Waals surface area contributed by atoms with E-state index >= 15 is 0 Å². The highest BCUT2D eigenvalue weighted by molar-refractivity contribution is 5.92. The van der Waals surface area contributed by atoms with E-state index in [4.69, 9.17) is 60.9 Å². The van der Waals surface area contributed by atoms with Gasteiger partial charge in [0.05, 0.1) is 77.7 Å². The summed E-state index contributed by atoms with van der Waals surface area (Å²) in [4.78, 5) is 59.1. The van der Waals surface area contributed by atoms with E-state index in [1.54, 1.807) is 30.9 Å². The molecule has 0 radical (unpaired) electrons. The number of H-pyrrole nitrogens is 1. The van der Waals surface area contributed by atoms with Crippen molar-refractivity contribution in [1.29, 1.82) is 0 Å². The van der Waals surface area contributed by atoms with Gasteiger partial charge in [-0.2, -0.15) is 14.4 Å². The molecule has 0 bridgehead atoms. The number of aliphatic imine (C=N–C) groups is 1. The Morgan fingerprint density at radius 3 is 1.98 bits per heavy atom. The van der Waals surface area contributed by atoms with Crippen LogP contribution in [0.4, 0.5) is 33.6 Å². The number of β-amino-alcohol motifs (C(OH)–C–C–N with tert-alkyl or cyclic N) is 1. The number of hydrogen-bond acceptors (Lipinski definition) is 28. The molecule has 33 heteroatoms. The van der Waals surface area contributed by atoms with Crippen LogP contribution in [-0.2, 0) is 20.8 Å². The smallest absolute Gasteiger partial charge is 0.354 e. The van der Waals surface area contributed by atoms with Crippen molar-refractivity contribution >= 4 is 46.5 Å². The molecule has 434 valence electrons. The van der Waals surface area contributed by atoms with Crippen molar-refractivity contribution in [1.82, 2.24) is 48.9 Å². The van der Waals surface area contributed by atoms with Crippen LogP contribution in [0, 0.1) is 12.7 Å². The van der Waals surface area contributed by atoms with Gasteiger partial charge in [-0.3, -0.25) is 23.5 Å². The largest absolute Gasteiger partial charge is 0.493 e. The number of aliphatic hydroxyl groups excluding tert-OH is 8. The van der Waals surface area contributed by atoms with Crippen molar-refractivity contribution in [2.75, 3.05) is 70.2 Å². The van der Waals surface area contributed by atoms with Gasteiger partial charge in [0.1, 0.15) is 66.9 Å². The second-order valence-electron chi connectivity index (χ2n) is 18.0. The minimum atomic E-state index is -1.35. The topological polar surface area (TPSA) is 478 Å². The summed E-state index contributed by atoms with van der Waals surface area (Å²) in [6.45, 7) is 1.80. The first-order valence-electron chi connectivity index (χ1n) is 24.3. The van der Waals surface area contributed by atoms with Gasteiger partial charge in [-0.05, 0) is 24.1 Å². The average Bonchev–Trinajstić information content (AvgIpc) is 4.19. The third kappa shape index (κ3) is 13.2. The summed E-state index contributed by atoms with van der Waals surface area (Å²) in [5.41, 5.74) is 18.4. The summed E-state index contributed by atoms with van der Waals surface area (Å²) in [6, 6.07) is 7.60. The lowest BCUT2D eigenvalue weighted by molar-refractivity contribution is -0.0554. The van der Waals surface area contributed by atoms with Crippen molar-refractivity contribution < 1.29 is 73.7 Å². The van der Waals surface area contributed by atoms with Crippen LogP contribution in [0.25, 0.3) is 10.9 Å². The van der Waals surface area contributed by atoms with Gasteiger partial charge in [-0.1, -0.05) is 6.07 Å². The van der Waals surface area contributed by atoms with E-state index in [2.05, 4.69) is 40.5 Å². The number of nitrogens with zero attached hydrogens (tertiary/aromatic N) is 9. The van der Waals surface area contributed by atoms with Crippen LogP contribution in [0.2, 0.25) is 0 Å². The number of aromatic nitrogens is 9. The molecule has 4 aliphatic heterocycles. The maximum atomic E-state index is 13.0. The fourth-order valence-electron chi connectivity index (χ4n) is 8.79. The van der Waals surface area contributed by atoms with Gasteiger partial charge in [-0.15, -0.1) is 0 Å². The summed E-state index contributed by atoms with van der Waals surface area (Å²) < 4.78 is 48.4. The predicted molar refractivity (Wildman–Crippen MR) is 278 cm³/mol. The van der Waals surface area contributed by atoms with Gasteiger partial charge in [-0.25, -0.2) is 29.5 Å². The molecule has 17 N–H and O–H groups in total. The molecule has 6 aromatic rings. The molecule has 10 rings (SSSR count). The Kier molecular flexibility index (Phi) is 19.6. The fourth-order valence-corrected chi connectivity index (χ4v) is 8.79. The maximum Gasteiger partial charge on any atom is 0.354 e. The SMILES string of the molecule is COc1cc(NCc2ccc3nc(N)nc(N)c3c2C)cc(OC)c1OC.Nc1ncn([C@@H]2O[C@H](CO)[C@@H](O)[C@H]2O)c(=O)n1.O=c1[nH]c(=O)n([C@H]2C[C@H](O)[C@@H](CO)O2)cc1F.OC[C@H]1O[C@@H](n2cnc3c2N=CNC[C@H]3O)C[C@@H]1O. The minimum absolute atomic E-state index is 0.0383. The molecule has 0 unspecified atom stereocenters. The molecule has 32 nitrogen and oxygen atoms in total. The van der Waals surface area contributed by atoms with Crippen molar-refractivity contribution in [2.24, 2.45) is 4.99 Å². The minimum Gasteiger partial charge on any atom is -0.493 e. The van der Waals surface area contributed by atoms with E-state index in [0.717, 1.165) is 49.4 Å². The molecule has 3 saturated heterocycles. The third-order valence-corrected chi connectivity index (χ3v) is 13.0. The van der Waals surface area contributed by atoms with Crippen LogP contribution < -0.4 is 59.0 Å². The standard InChI is InChI=1S/C19H23N5O3.C11H16N4O4.C9H11FN2O5.C8H12N4O5/c1-10-11(5-6-13-16(10)18(20)24-19(21)23-13)9-22-12-7-14(25-2)17(27-4)15(8-12)26-3;16-3-8-6(17)1-9(19-8)15-5-14-10-7(18)2-12-4-13-11(10)15;10-4-2-12(9(16)11-8(4)15)7-1-5(14)6(3-13)17-7;9-7-10-2-12(8(16)11-7)6-5(15)4(14)3(1-13)17-6/h5-8,22H,9H2,1-4H3,(H4,20,21,23,24);4-9,16-18H,1-3H2,(H,12,13);2,5-7,13-14H,1,3H2,(H,11,15,16);2-6,13-15H,1H2,(H2,9,11,16)/t;6-,7+,8+,9+;5-,6+,7+;3-,4-,5-,6-/m.001/s1. The summed E-state index contributed by atoms with van der Waals surface area (Å²) in [5.74, 6) is 1.47. The second kappa shape index (κ2) is 26.3. The number of aromatic amines is 1. The molecule has 0 amide bonds. The van der Waals surface area contributed by atoms with E-state index in [1.165, 1.54) is 12.7 Å². The third-order valence-electron chi connectivity index (χ3n) is 13.0. The molecule has 0 saturated carbocycles. The Balaban J connectivity index is 0.000000157. The predicted octanol–water partition coefficient (Wildman–Crippen LogP) is -3.29. The number of anilines is 4. The van der Waals surface area contributed by atoms with Crippen LogP contribution >= 0.6 is 0 Å². The molecule has 80 heavy (non-hydrogen) atoms. The van der Waals surface area contributed by atoms with Gasteiger partial charge in [0, 0.05) is 49.1 Å². The molecule has 4 aromatic heterocycles. The first-order chi connectivity index (χ1) is 38.2. The summed E-state index contributed by atoms with van der Waals surface area (Å²) in [6.07, 6.45) is -4.67. The molecule has 0 aliphatic carbocycles. The van der Waals surface area contributed by atoms with Crippen molar-refractivity contribution in [3.63, 3.8) is 0 Å². The van der Waals surface area contributed by atoms with Crippen LogP contribution in [0.3, 0.4) is 0 Å². The zero-order valence-corrected chi connectivity index (χ0v) is 43.3. The number of nitrogen functional groups attached to an aromatic ring is 3. The number of aryl methyl sites for hydroxylation is 1. The number of nitrogens with one attached hydrogen (secondary N) is 3. The quantitative estimate of drug-likeness (QED) is 0.0571. The number of hydrogen-bond donors (Lipinski definition) is 14. The van der Waals surface area contributed by atoms with Gasteiger partial charge in [0.15, 0.2) is 23.5 Å². The lowest BCUT2D eigenvalue weighted by Gasteiger charge is -2.16. The lowest BCUT2D eigenvalue weighted by Crippen LogP contribution is -2.36. The Morgan fingerprint density at radius 2 is 1.40 bits per heavy atom. The van der Waals surface area contributed by atoms with Crippen LogP contribution in [0.15, 0.2) is 62.5 Å². The fraction of sp³-hybridized carbons (Fsp3) is 0.468. The Bertz CT molecular complexity index is 3280. The normalized spacial score (nSPS) is 24.7. The number of halogens is 1. The van der Waals surface area contributed by atoms with Crippen LogP contribution in [0.1, 0.15) is 54.5 Å². The number of methoxy groups -OCH3 is 3. The van der Waals surface area contributed by atoms with Crippen molar-refractivity contribution in [3.8, 4) is 17.2 Å². The molecule has 2 aromatic carbocycles. The average molecular weight is 1130 g/mol. The summed E-state index contributed by atoms with van der Waals surface area (Å²) in [7, 11) is 4.75. The maximum absolute atomic E-state index is 13.0. The Labute approximate surface area is 451 Å². The second-order valence-corrected chi connectivity index (χ2v) is 18.0. The monoisotopic (exact) mass is 1130 g/mol. The summed E-state index contributed by atoms with van der Waals surface area (Å²) in [5, 5.41) is 82.2. The first-order valence-corrected chi connectivity index (χ1v) is 24.3. The molecule has 8 heterocycles. The molecule has 11 atom stereocenters. The van der Waals surface area contributed by atoms with Crippen LogP contribution in [0.5, 0.6) is 17.2 Å². The Hall–Kier alpha value is -7.96. The van der Waals surface area contributed by atoms with Gasteiger partial charge < -0.3 is 97.1 Å². The van der Waals surface area contributed by atoms with Gasteiger partial charge in [0.2, 0.25) is 23.5 Å². The van der Waals surface area contributed by atoms with Gasteiger partial charge in [0.25, 0.3) is 5.56 Å². The number of rotatable bonds is 12. The van der Waals surface area contributed by atoms with Crippen molar-refractivity contribution in [2.45, 2.75) is 93.8 Å². The highest BCUT2D eigenvalue weighted by Gasteiger charge is 2.44. The zero-order chi connectivity index (χ0) is 58.1. The number of fused-ring (bicyclic) bond motifs is 2. The molecular formula is C47H62FN15O17. The molecule has 0 spiro atoms.